The molecule has 0 aliphatic heterocycles. The van der Waals surface area contributed by atoms with Crippen LogP contribution < -0.4 is 10.6 Å². The number of rotatable bonds is 5. The molecule has 1 aliphatic carbocycles. The number of hydrogen-bond donors (Lipinski definition) is 2. The molecule has 0 aromatic heterocycles. The summed E-state index contributed by atoms with van der Waals surface area (Å²) >= 11 is 0. The first kappa shape index (κ1) is 18.3. The zero-order valence-electron chi connectivity index (χ0n) is 15.5. The Hall–Kier alpha value is -2.04. The molecule has 1 fully saturated rings. The molecule has 2 unspecified atom stereocenters. The van der Waals surface area contributed by atoms with Gasteiger partial charge in [0.25, 0.3) is 0 Å². The molecule has 0 spiro atoms. The SMILES string of the molecule is CN=C(NCC1CC1c1ccccc1)N(C)CC(=O)NC(C)(C)C. The first-order chi connectivity index (χ1) is 11.3. The molecule has 132 valence electrons. The van der Waals surface area contributed by atoms with Crippen LogP contribution in [0.5, 0.6) is 0 Å². The third-order valence-electron chi connectivity index (χ3n) is 4.14. The van der Waals surface area contributed by atoms with Gasteiger partial charge in [-0.1, -0.05) is 30.3 Å². The molecule has 1 amide bonds. The summed E-state index contributed by atoms with van der Waals surface area (Å²) in [7, 11) is 3.64. The number of benzene rings is 1. The highest BCUT2D eigenvalue weighted by Gasteiger charge is 2.38. The molecule has 0 bridgehead atoms. The number of nitrogens with zero attached hydrogens (tertiary/aromatic N) is 2. The normalized spacial score (nSPS) is 20.5. The number of hydrogen-bond acceptors (Lipinski definition) is 2. The molecular weight excluding hydrogens is 300 g/mol. The number of carbonyl (C=O) groups is 1. The highest BCUT2D eigenvalue weighted by molar-refractivity contribution is 5.86. The molecule has 2 N–H and O–H groups in total. The van der Waals surface area contributed by atoms with Crippen LogP contribution in [-0.2, 0) is 4.79 Å². The summed E-state index contributed by atoms with van der Waals surface area (Å²) < 4.78 is 0. The number of aliphatic imine (C=N–C) groups is 1. The number of likely N-dealkylation sites (N-methyl/N-ethyl adjacent to an activating group) is 1. The molecule has 5 heteroatoms. The van der Waals surface area contributed by atoms with Crippen molar-refractivity contribution in [2.75, 3.05) is 27.2 Å². The molecule has 2 rings (SSSR count). The largest absolute Gasteiger partial charge is 0.356 e. The minimum atomic E-state index is -0.216. The van der Waals surface area contributed by atoms with Gasteiger partial charge in [-0.05, 0) is 44.6 Å². The molecule has 2 atom stereocenters. The minimum Gasteiger partial charge on any atom is -0.356 e. The zero-order chi connectivity index (χ0) is 17.7. The summed E-state index contributed by atoms with van der Waals surface area (Å²) in [5.41, 5.74) is 1.20. The van der Waals surface area contributed by atoms with Gasteiger partial charge in [0.05, 0.1) is 6.54 Å². The predicted molar refractivity (Wildman–Crippen MR) is 99.2 cm³/mol. The number of nitrogens with one attached hydrogen (secondary N) is 2. The average molecular weight is 330 g/mol. The van der Waals surface area contributed by atoms with E-state index in [1.165, 1.54) is 12.0 Å². The maximum atomic E-state index is 12.0. The van der Waals surface area contributed by atoms with Gasteiger partial charge in [-0.2, -0.15) is 0 Å². The molecule has 5 nitrogen and oxygen atoms in total. The van der Waals surface area contributed by atoms with Gasteiger partial charge in [-0.3, -0.25) is 9.79 Å². The molecule has 24 heavy (non-hydrogen) atoms. The third kappa shape index (κ3) is 5.55. The van der Waals surface area contributed by atoms with Gasteiger partial charge in [-0.25, -0.2) is 0 Å². The van der Waals surface area contributed by atoms with Crippen LogP contribution in [0, 0.1) is 5.92 Å². The molecule has 0 radical (unpaired) electrons. The van der Waals surface area contributed by atoms with Crippen LogP contribution in [0.3, 0.4) is 0 Å². The van der Waals surface area contributed by atoms with Crippen molar-refractivity contribution in [1.29, 1.82) is 0 Å². The lowest BCUT2D eigenvalue weighted by molar-refractivity contribution is -0.122. The topological polar surface area (TPSA) is 56.7 Å². The van der Waals surface area contributed by atoms with Crippen molar-refractivity contribution in [1.82, 2.24) is 15.5 Å². The fraction of sp³-hybridized carbons (Fsp3) is 0.579. The Bertz CT molecular complexity index is 577. The van der Waals surface area contributed by atoms with Gasteiger partial charge < -0.3 is 15.5 Å². The minimum absolute atomic E-state index is 0.00142. The molecule has 1 aromatic rings. The fourth-order valence-corrected chi connectivity index (χ4v) is 2.94. The molecule has 1 aliphatic rings. The second-order valence-corrected chi connectivity index (χ2v) is 7.60. The maximum Gasteiger partial charge on any atom is 0.240 e. The van der Waals surface area contributed by atoms with Gasteiger partial charge >= 0.3 is 0 Å². The predicted octanol–water partition coefficient (Wildman–Crippen LogP) is 2.21. The van der Waals surface area contributed by atoms with Gasteiger partial charge in [0, 0.05) is 26.2 Å². The quantitative estimate of drug-likeness (QED) is 0.643. The van der Waals surface area contributed by atoms with Crippen molar-refractivity contribution in [2.45, 2.75) is 38.6 Å². The van der Waals surface area contributed by atoms with Crippen LogP contribution in [0.25, 0.3) is 0 Å². The monoisotopic (exact) mass is 330 g/mol. The van der Waals surface area contributed by atoms with Gasteiger partial charge in [0.2, 0.25) is 5.91 Å². The van der Waals surface area contributed by atoms with E-state index in [1.54, 1.807) is 7.05 Å². The van der Waals surface area contributed by atoms with Crippen LogP contribution >= 0.6 is 0 Å². The fourth-order valence-electron chi connectivity index (χ4n) is 2.94. The van der Waals surface area contributed by atoms with Crippen LogP contribution in [0.2, 0.25) is 0 Å². The highest BCUT2D eigenvalue weighted by atomic mass is 16.2. The van der Waals surface area contributed by atoms with Crippen molar-refractivity contribution < 1.29 is 4.79 Å². The summed E-state index contributed by atoms with van der Waals surface area (Å²) in [6.45, 7) is 7.12. The van der Waals surface area contributed by atoms with Crippen molar-refractivity contribution in [3.63, 3.8) is 0 Å². The Morgan fingerprint density at radius 2 is 1.96 bits per heavy atom. The standard InChI is InChI=1S/C19H30N4O/c1-19(2,3)22-17(24)13-23(5)18(20-4)21-12-15-11-16(15)14-9-7-6-8-10-14/h6-10,15-16H,11-13H2,1-5H3,(H,20,21)(H,22,24). The van der Waals surface area contributed by atoms with E-state index in [-0.39, 0.29) is 11.4 Å². The van der Waals surface area contributed by atoms with E-state index in [2.05, 4.69) is 46.0 Å². The molecular formula is C19H30N4O. The summed E-state index contributed by atoms with van der Waals surface area (Å²) in [4.78, 5) is 18.2. The second kappa shape index (κ2) is 7.69. The Morgan fingerprint density at radius 1 is 1.29 bits per heavy atom. The molecule has 1 aromatic carbocycles. The Morgan fingerprint density at radius 3 is 2.54 bits per heavy atom. The number of guanidine groups is 1. The maximum absolute atomic E-state index is 12.0. The van der Waals surface area contributed by atoms with E-state index in [4.69, 9.17) is 0 Å². The Labute approximate surface area is 145 Å². The average Bonchev–Trinajstić information content (AvgIpc) is 3.26. The van der Waals surface area contributed by atoms with E-state index < -0.39 is 0 Å². The first-order valence-corrected chi connectivity index (χ1v) is 8.58. The lowest BCUT2D eigenvalue weighted by atomic mass is 10.1. The van der Waals surface area contributed by atoms with E-state index in [1.807, 2.05) is 32.7 Å². The van der Waals surface area contributed by atoms with Crippen molar-refractivity contribution >= 4 is 11.9 Å². The number of carbonyl (C=O) groups excluding carboxylic acids is 1. The first-order valence-electron chi connectivity index (χ1n) is 8.58. The van der Waals surface area contributed by atoms with E-state index in [9.17, 15) is 4.79 Å². The summed E-state index contributed by atoms with van der Waals surface area (Å²) in [5, 5.41) is 6.37. The van der Waals surface area contributed by atoms with Crippen molar-refractivity contribution in [3.8, 4) is 0 Å². The van der Waals surface area contributed by atoms with Crippen LogP contribution in [0.4, 0.5) is 0 Å². The summed E-state index contributed by atoms with van der Waals surface area (Å²) in [5.74, 6) is 2.05. The van der Waals surface area contributed by atoms with Crippen molar-refractivity contribution in [2.24, 2.45) is 10.9 Å². The highest BCUT2D eigenvalue weighted by Crippen LogP contribution is 2.46. The summed E-state index contributed by atoms with van der Waals surface area (Å²) in [6, 6.07) is 10.6. The number of amides is 1. The molecule has 1 saturated carbocycles. The van der Waals surface area contributed by atoms with Crippen LogP contribution in [0.1, 0.15) is 38.7 Å². The second-order valence-electron chi connectivity index (χ2n) is 7.60. The Balaban J connectivity index is 1.78. The van der Waals surface area contributed by atoms with Crippen LogP contribution in [0.15, 0.2) is 35.3 Å². The van der Waals surface area contributed by atoms with E-state index in [0.717, 1.165) is 12.5 Å². The molecule has 0 heterocycles. The lowest BCUT2D eigenvalue weighted by Crippen LogP contribution is -2.49. The van der Waals surface area contributed by atoms with E-state index >= 15 is 0 Å². The Kier molecular flexibility index (Phi) is 5.86. The van der Waals surface area contributed by atoms with E-state index in [0.29, 0.717) is 18.4 Å². The zero-order valence-corrected chi connectivity index (χ0v) is 15.5. The molecule has 0 saturated heterocycles. The lowest BCUT2D eigenvalue weighted by Gasteiger charge is -2.25. The van der Waals surface area contributed by atoms with Gasteiger partial charge in [0.1, 0.15) is 0 Å². The third-order valence-corrected chi connectivity index (χ3v) is 4.14. The van der Waals surface area contributed by atoms with Crippen LogP contribution in [-0.4, -0.2) is 49.5 Å². The summed E-state index contributed by atoms with van der Waals surface area (Å²) in [6.07, 6.45) is 1.21. The van der Waals surface area contributed by atoms with Crippen molar-refractivity contribution in [3.05, 3.63) is 35.9 Å². The van der Waals surface area contributed by atoms with Gasteiger partial charge in [-0.15, -0.1) is 0 Å². The van der Waals surface area contributed by atoms with Gasteiger partial charge in [0.15, 0.2) is 5.96 Å². The smallest absolute Gasteiger partial charge is 0.240 e.